The van der Waals surface area contributed by atoms with Crippen LogP contribution < -0.4 is 10.0 Å². The summed E-state index contributed by atoms with van der Waals surface area (Å²) in [5.74, 6) is 5.80. The third-order valence-corrected chi connectivity index (χ3v) is 10.6. The third kappa shape index (κ3) is 3.74. The maximum absolute atomic E-state index is 10.8. The molecule has 8 atom stereocenters. The van der Waals surface area contributed by atoms with Crippen molar-refractivity contribution in [1.82, 2.24) is 10.0 Å². The van der Waals surface area contributed by atoms with Crippen LogP contribution in [0.1, 0.15) is 85.0 Å². The minimum absolute atomic E-state index is 0.405. The smallest absolute Gasteiger partial charge is 0.223 e. The molecular formula is C24H42N2O2S. The van der Waals surface area contributed by atoms with Gasteiger partial charge in [0.2, 0.25) is 10.9 Å². The number of rotatable bonds is 6. The second-order valence-electron chi connectivity index (χ2n) is 11.3. The van der Waals surface area contributed by atoms with Crippen molar-refractivity contribution in [1.29, 1.82) is 0 Å². The van der Waals surface area contributed by atoms with Crippen LogP contribution in [0.25, 0.3) is 0 Å². The Morgan fingerprint density at radius 2 is 1.76 bits per heavy atom. The molecule has 0 aromatic rings. The lowest BCUT2D eigenvalue weighted by Gasteiger charge is -2.62. The number of hydrogen-bond acceptors (Lipinski definition) is 3. The highest BCUT2D eigenvalue weighted by atomic mass is 32.2. The summed E-state index contributed by atoms with van der Waals surface area (Å²) in [6.07, 6.45) is 14.0. The Bertz CT molecular complexity index is 699. The lowest BCUT2D eigenvalue weighted by Crippen LogP contribution is -2.55. The molecule has 0 saturated heterocycles. The third-order valence-electron chi connectivity index (χ3n) is 10.2. The van der Waals surface area contributed by atoms with Crippen molar-refractivity contribution >= 4 is 10.9 Å². The molecule has 4 fully saturated rings. The van der Waals surface area contributed by atoms with Crippen LogP contribution >= 0.6 is 0 Å². The summed E-state index contributed by atoms with van der Waals surface area (Å²) in [5.41, 5.74) is 1.07. The first-order valence-electron chi connectivity index (χ1n) is 12.1. The zero-order valence-electron chi connectivity index (χ0n) is 18.7. The van der Waals surface area contributed by atoms with Gasteiger partial charge >= 0.3 is 0 Å². The van der Waals surface area contributed by atoms with Crippen LogP contribution in [0.5, 0.6) is 0 Å². The van der Waals surface area contributed by atoms with Gasteiger partial charge in [-0.3, -0.25) is 4.72 Å². The van der Waals surface area contributed by atoms with Crippen molar-refractivity contribution in [2.45, 2.75) is 85.0 Å². The molecule has 4 nitrogen and oxygen atoms in total. The van der Waals surface area contributed by atoms with E-state index in [1.54, 1.807) is 0 Å². The van der Waals surface area contributed by atoms with Gasteiger partial charge in [-0.1, -0.05) is 40.2 Å². The molecule has 4 rings (SSSR count). The quantitative estimate of drug-likeness (QED) is 0.536. The fourth-order valence-electron chi connectivity index (χ4n) is 8.94. The van der Waals surface area contributed by atoms with E-state index in [-0.39, 0.29) is 0 Å². The molecule has 0 radical (unpaired) electrons. The summed E-state index contributed by atoms with van der Waals surface area (Å²) in [6.45, 7) is 12.4. The first kappa shape index (κ1) is 21.5. The van der Waals surface area contributed by atoms with Crippen molar-refractivity contribution in [3.05, 3.63) is 12.4 Å². The molecule has 4 saturated carbocycles. The maximum Gasteiger partial charge on any atom is 0.223 e. The second-order valence-corrected chi connectivity index (χ2v) is 12.1. The topological polar surface area (TPSA) is 58.2 Å². The van der Waals surface area contributed by atoms with E-state index in [0.717, 1.165) is 48.5 Å². The van der Waals surface area contributed by atoms with Gasteiger partial charge in [0.15, 0.2) is 0 Å². The molecular weight excluding hydrogens is 380 g/mol. The van der Waals surface area contributed by atoms with Crippen LogP contribution in [-0.4, -0.2) is 15.0 Å². The zero-order chi connectivity index (χ0) is 20.8. The monoisotopic (exact) mass is 422 g/mol. The summed E-state index contributed by atoms with van der Waals surface area (Å²) < 4.78 is 23.9. The highest BCUT2D eigenvalue weighted by molar-refractivity contribution is 7.70. The zero-order valence-corrected chi connectivity index (χ0v) is 19.6. The van der Waals surface area contributed by atoms with E-state index in [4.69, 9.17) is 0 Å². The fraction of sp³-hybridized carbons (Fsp3) is 0.917. The molecule has 0 spiro atoms. The molecule has 4 aliphatic carbocycles. The summed E-state index contributed by atoms with van der Waals surface area (Å²) in [7, 11) is -2.63. The molecule has 0 bridgehead atoms. The van der Waals surface area contributed by atoms with Gasteiger partial charge < -0.3 is 5.32 Å². The molecule has 0 aromatic heterocycles. The normalized spacial score (nSPS) is 46.5. The van der Waals surface area contributed by atoms with Gasteiger partial charge in [-0.05, 0) is 97.7 Å². The van der Waals surface area contributed by atoms with Crippen molar-refractivity contribution in [3.63, 3.8) is 0 Å². The average Bonchev–Trinajstić information content (AvgIpc) is 2.98. The molecule has 5 heteroatoms. The largest absolute Gasteiger partial charge is 0.372 e. The van der Waals surface area contributed by atoms with Gasteiger partial charge in [-0.25, -0.2) is 8.42 Å². The molecule has 0 amide bonds. The van der Waals surface area contributed by atoms with Crippen molar-refractivity contribution in [2.75, 3.05) is 6.54 Å². The highest BCUT2D eigenvalue weighted by Crippen LogP contribution is 2.68. The van der Waals surface area contributed by atoms with E-state index < -0.39 is 10.9 Å². The Hall–Kier alpha value is -0.710. The molecule has 2 N–H and O–H groups in total. The molecule has 0 heterocycles. The van der Waals surface area contributed by atoms with Crippen LogP contribution in [0.3, 0.4) is 0 Å². The molecule has 4 aliphatic rings. The minimum atomic E-state index is -2.63. The van der Waals surface area contributed by atoms with Gasteiger partial charge in [-0.15, -0.1) is 0 Å². The predicted octanol–water partition coefficient (Wildman–Crippen LogP) is 4.85. The number of hydrogen-bond donors (Lipinski definition) is 3. The molecule has 0 aliphatic heterocycles. The van der Waals surface area contributed by atoms with Gasteiger partial charge in [0.05, 0.1) is 0 Å². The Balaban J connectivity index is 1.43. The van der Waals surface area contributed by atoms with Gasteiger partial charge in [0.25, 0.3) is 0 Å². The van der Waals surface area contributed by atoms with E-state index in [2.05, 4.69) is 37.4 Å². The lowest BCUT2D eigenvalue weighted by atomic mass is 9.43. The van der Waals surface area contributed by atoms with Crippen molar-refractivity contribution in [3.8, 4) is 0 Å². The Morgan fingerprint density at radius 3 is 2.52 bits per heavy atom. The van der Waals surface area contributed by atoms with Gasteiger partial charge in [0, 0.05) is 6.54 Å². The summed E-state index contributed by atoms with van der Waals surface area (Å²) in [5, 5.41) is 3.17. The summed E-state index contributed by atoms with van der Waals surface area (Å²) in [6, 6.07) is 0. The van der Waals surface area contributed by atoms with Crippen LogP contribution in [0.2, 0.25) is 0 Å². The SMILES string of the molecule is C=C(NCCC1CCC2C3C[C@H](C)C4CCCCC4(C)[C@H]3CCC12C)N[SH](=O)=O. The Morgan fingerprint density at radius 1 is 1.00 bits per heavy atom. The Kier molecular flexibility index (Phi) is 6.00. The van der Waals surface area contributed by atoms with Crippen LogP contribution in [0.15, 0.2) is 12.4 Å². The van der Waals surface area contributed by atoms with Gasteiger partial charge in [0.1, 0.15) is 5.82 Å². The predicted molar refractivity (Wildman–Crippen MR) is 120 cm³/mol. The fourth-order valence-corrected chi connectivity index (χ4v) is 9.24. The molecule has 29 heavy (non-hydrogen) atoms. The first-order valence-corrected chi connectivity index (χ1v) is 13.3. The van der Waals surface area contributed by atoms with Crippen LogP contribution in [-0.2, 0) is 10.9 Å². The average molecular weight is 423 g/mol. The highest BCUT2D eigenvalue weighted by Gasteiger charge is 2.60. The molecule has 0 aromatic carbocycles. The minimum Gasteiger partial charge on any atom is -0.372 e. The first-order chi connectivity index (χ1) is 13.8. The number of nitrogens with one attached hydrogen (secondary N) is 2. The van der Waals surface area contributed by atoms with Crippen LogP contribution in [0.4, 0.5) is 0 Å². The summed E-state index contributed by atoms with van der Waals surface area (Å²) >= 11 is 0. The van der Waals surface area contributed by atoms with E-state index >= 15 is 0 Å². The molecule has 6 unspecified atom stereocenters. The van der Waals surface area contributed by atoms with E-state index in [9.17, 15) is 8.42 Å². The second kappa shape index (κ2) is 8.09. The maximum atomic E-state index is 10.8. The van der Waals surface area contributed by atoms with E-state index in [0.29, 0.717) is 16.7 Å². The Labute approximate surface area is 179 Å². The van der Waals surface area contributed by atoms with Crippen molar-refractivity contribution < 1.29 is 8.42 Å². The van der Waals surface area contributed by atoms with Crippen molar-refractivity contribution in [2.24, 2.45) is 46.3 Å². The van der Waals surface area contributed by atoms with Gasteiger partial charge in [-0.2, -0.15) is 0 Å². The summed E-state index contributed by atoms with van der Waals surface area (Å²) in [4.78, 5) is 0. The van der Waals surface area contributed by atoms with Crippen LogP contribution in [0, 0.1) is 46.3 Å². The number of thiol groups is 1. The molecule has 166 valence electrons. The lowest BCUT2D eigenvalue weighted by molar-refractivity contribution is -0.131. The van der Waals surface area contributed by atoms with E-state index in [1.165, 1.54) is 57.8 Å². The standard InChI is InChI=1S/C24H42N2O2S/c1-16-15-19-21-9-8-18(11-14-25-17(2)26-29(27)28)23(21,3)13-10-22(19)24(4)12-6-5-7-20(16)24/h16,18-22,25,29H,2,5-15H2,1,3-4H3,(H,26,27,28)/t16-,18?,19?,20?,21?,22-,23?,24?/m0/s1. The number of fused-ring (bicyclic) bond motifs is 5. The van der Waals surface area contributed by atoms with E-state index in [1.807, 2.05) is 0 Å².